The molecule has 0 fully saturated rings. The number of nitrogens with one attached hydrogen (secondary N) is 1. The molecule has 1 N–H and O–H groups in total. The van der Waals surface area contributed by atoms with Gasteiger partial charge in [-0.25, -0.2) is 0 Å². The minimum atomic E-state index is -0.0705. The van der Waals surface area contributed by atoms with E-state index < -0.39 is 0 Å². The normalized spacial score (nSPS) is 11.9. The number of hydrogen-bond donors (Lipinski definition) is 1. The third-order valence-corrected chi connectivity index (χ3v) is 3.80. The summed E-state index contributed by atoms with van der Waals surface area (Å²) >= 11 is 8.06. The van der Waals surface area contributed by atoms with Crippen molar-refractivity contribution in [1.82, 2.24) is 5.32 Å². The fourth-order valence-electron chi connectivity index (χ4n) is 1.72. The quantitative estimate of drug-likeness (QED) is 0.778. The van der Waals surface area contributed by atoms with Gasteiger partial charge in [0.05, 0.1) is 6.04 Å². The van der Waals surface area contributed by atoms with Crippen LogP contribution >= 0.6 is 34.2 Å². The predicted octanol–water partition coefficient (Wildman–Crippen LogP) is 4.44. The lowest BCUT2D eigenvalue weighted by Gasteiger charge is -2.14. The first kappa shape index (κ1) is 14.3. The molecule has 0 aliphatic heterocycles. The summed E-state index contributed by atoms with van der Waals surface area (Å²) in [5, 5.41) is 3.66. The monoisotopic (exact) mass is 385 g/mol. The first-order chi connectivity index (χ1) is 9.06. The SMILES string of the molecule is C[C@@H](NC(=O)c1ccc(I)cc1)c1ccc(Cl)cc1. The number of rotatable bonds is 3. The van der Waals surface area contributed by atoms with E-state index in [4.69, 9.17) is 11.6 Å². The highest BCUT2D eigenvalue weighted by molar-refractivity contribution is 14.1. The van der Waals surface area contributed by atoms with Crippen LogP contribution in [0.25, 0.3) is 0 Å². The van der Waals surface area contributed by atoms with Gasteiger partial charge in [0.25, 0.3) is 5.91 Å². The third-order valence-electron chi connectivity index (χ3n) is 2.82. The molecule has 0 aliphatic carbocycles. The first-order valence-electron chi connectivity index (χ1n) is 5.88. The first-order valence-corrected chi connectivity index (χ1v) is 7.34. The summed E-state index contributed by atoms with van der Waals surface area (Å²) in [5.41, 5.74) is 1.70. The van der Waals surface area contributed by atoms with E-state index in [0.29, 0.717) is 10.6 Å². The Bertz CT molecular complexity index is 566. The molecule has 2 aromatic carbocycles. The maximum absolute atomic E-state index is 12.1. The highest BCUT2D eigenvalue weighted by atomic mass is 127. The Hall–Kier alpha value is -1.07. The van der Waals surface area contributed by atoms with E-state index in [-0.39, 0.29) is 11.9 Å². The summed E-state index contributed by atoms with van der Waals surface area (Å²) in [6.07, 6.45) is 0. The molecule has 1 atom stereocenters. The van der Waals surface area contributed by atoms with Crippen molar-refractivity contribution in [2.24, 2.45) is 0 Å². The molecule has 2 rings (SSSR count). The third kappa shape index (κ3) is 3.94. The molecule has 0 saturated carbocycles. The molecule has 0 unspecified atom stereocenters. The summed E-state index contributed by atoms with van der Waals surface area (Å²) in [5.74, 6) is -0.0705. The van der Waals surface area contributed by atoms with Crippen molar-refractivity contribution < 1.29 is 4.79 Å². The smallest absolute Gasteiger partial charge is 0.251 e. The van der Waals surface area contributed by atoms with Crippen molar-refractivity contribution in [3.63, 3.8) is 0 Å². The number of carbonyl (C=O) groups is 1. The van der Waals surface area contributed by atoms with E-state index in [2.05, 4.69) is 27.9 Å². The maximum Gasteiger partial charge on any atom is 0.251 e. The van der Waals surface area contributed by atoms with E-state index in [0.717, 1.165) is 9.13 Å². The average molecular weight is 386 g/mol. The molecule has 4 heteroatoms. The molecule has 0 aromatic heterocycles. The van der Waals surface area contributed by atoms with Crippen LogP contribution in [-0.4, -0.2) is 5.91 Å². The number of amides is 1. The maximum atomic E-state index is 12.1. The summed E-state index contributed by atoms with van der Waals surface area (Å²) in [6, 6.07) is 14.9. The minimum Gasteiger partial charge on any atom is -0.346 e. The van der Waals surface area contributed by atoms with Gasteiger partial charge in [0, 0.05) is 14.2 Å². The zero-order chi connectivity index (χ0) is 13.8. The van der Waals surface area contributed by atoms with Gasteiger partial charge in [0.1, 0.15) is 0 Å². The molecule has 0 saturated heterocycles. The number of hydrogen-bond acceptors (Lipinski definition) is 1. The Kier molecular flexibility index (Phi) is 4.82. The van der Waals surface area contributed by atoms with Crippen molar-refractivity contribution in [2.45, 2.75) is 13.0 Å². The van der Waals surface area contributed by atoms with Gasteiger partial charge in [-0.1, -0.05) is 23.7 Å². The van der Waals surface area contributed by atoms with Crippen LogP contribution in [0.3, 0.4) is 0 Å². The summed E-state index contributed by atoms with van der Waals surface area (Å²) < 4.78 is 1.11. The molecular weight excluding hydrogens is 373 g/mol. The molecule has 0 radical (unpaired) electrons. The fraction of sp³-hybridized carbons (Fsp3) is 0.133. The van der Waals surface area contributed by atoms with Crippen LogP contribution in [0.1, 0.15) is 28.9 Å². The van der Waals surface area contributed by atoms with Gasteiger partial charge in [0.15, 0.2) is 0 Å². The van der Waals surface area contributed by atoms with Crippen molar-refractivity contribution in [2.75, 3.05) is 0 Å². The lowest BCUT2D eigenvalue weighted by atomic mass is 10.1. The van der Waals surface area contributed by atoms with Crippen LogP contribution in [-0.2, 0) is 0 Å². The number of benzene rings is 2. The second-order valence-electron chi connectivity index (χ2n) is 4.25. The molecule has 2 aromatic rings. The fourth-order valence-corrected chi connectivity index (χ4v) is 2.20. The second-order valence-corrected chi connectivity index (χ2v) is 5.94. The van der Waals surface area contributed by atoms with E-state index in [1.807, 2.05) is 55.5 Å². The number of halogens is 2. The molecule has 1 amide bonds. The van der Waals surface area contributed by atoms with E-state index in [1.165, 1.54) is 0 Å². The van der Waals surface area contributed by atoms with Gasteiger partial charge in [0.2, 0.25) is 0 Å². The van der Waals surface area contributed by atoms with E-state index in [1.54, 1.807) is 0 Å². The van der Waals surface area contributed by atoms with Crippen molar-refractivity contribution in [3.8, 4) is 0 Å². The van der Waals surface area contributed by atoms with Gasteiger partial charge in [-0.2, -0.15) is 0 Å². The van der Waals surface area contributed by atoms with Crippen molar-refractivity contribution in [3.05, 3.63) is 68.3 Å². The van der Waals surface area contributed by atoms with Gasteiger partial charge < -0.3 is 5.32 Å². The van der Waals surface area contributed by atoms with Gasteiger partial charge in [-0.15, -0.1) is 0 Å². The Morgan fingerprint density at radius 2 is 1.68 bits per heavy atom. The van der Waals surface area contributed by atoms with E-state index >= 15 is 0 Å². The lowest BCUT2D eigenvalue weighted by molar-refractivity contribution is 0.0940. The molecule has 0 bridgehead atoms. The Morgan fingerprint density at radius 1 is 1.11 bits per heavy atom. The van der Waals surface area contributed by atoms with Crippen LogP contribution in [0, 0.1) is 3.57 Å². The Morgan fingerprint density at radius 3 is 2.26 bits per heavy atom. The zero-order valence-corrected chi connectivity index (χ0v) is 13.3. The van der Waals surface area contributed by atoms with Gasteiger partial charge in [-0.05, 0) is 71.5 Å². The standard InChI is InChI=1S/C15H13ClINO/c1-10(11-2-6-13(16)7-3-11)18-15(19)12-4-8-14(17)9-5-12/h2-10H,1H3,(H,18,19)/t10-/m1/s1. The van der Waals surface area contributed by atoms with Crippen LogP contribution in [0.15, 0.2) is 48.5 Å². The molecule has 0 spiro atoms. The highest BCUT2D eigenvalue weighted by Crippen LogP contribution is 2.16. The van der Waals surface area contributed by atoms with Crippen molar-refractivity contribution >= 4 is 40.1 Å². The molecule has 0 heterocycles. The average Bonchev–Trinajstić information content (AvgIpc) is 2.40. The minimum absolute atomic E-state index is 0.0518. The molecular formula is C15H13ClINO. The lowest BCUT2D eigenvalue weighted by Crippen LogP contribution is -2.26. The summed E-state index contributed by atoms with van der Waals surface area (Å²) in [4.78, 5) is 12.1. The van der Waals surface area contributed by atoms with Crippen molar-refractivity contribution in [1.29, 1.82) is 0 Å². The molecule has 19 heavy (non-hydrogen) atoms. The largest absolute Gasteiger partial charge is 0.346 e. The zero-order valence-electron chi connectivity index (χ0n) is 10.4. The number of carbonyl (C=O) groups excluding carboxylic acids is 1. The van der Waals surface area contributed by atoms with Gasteiger partial charge in [-0.3, -0.25) is 4.79 Å². The highest BCUT2D eigenvalue weighted by Gasteiger charge is 2.11. The molecule has 0 aliphatic rings. The van der Waals surface area contributed by atoms with Gasteiger partial charge >= 0.3 is 0 Å². The van der Waals surface area contributed by atoms with Crippen LogP contribution in [0.2, 0.25) is 5.02 Å². The topological polar surface area (TPSA) is 29.1 Å². The second kappa shape index (κ2) is 6.39. The van der Waals surface area contributed by atoms with Crippen LogP contribution in [0.4, 0.5) is 0 Å². The van der Waals surface area contributed by atoms with E-state index in [9.17, 15) is 4.79 Å². The Balaban J connectivity index is 2.06. The predicted molar refractivity (Wildman–Crippen MR) is 86.5 cm³/mol. The van der Waals surface area contributed by atoms with Crippen LogP contribution < -0.4 is 5.32 Å². The van der Waals surface area contributed by atoms with Crippen LogP contribution in [0.5, 0.6) is 0 Å². The molecule has 98 valence electrons. The Labute approximate surface area is 131 Å². The summed E-state index contributed by atoms with van der Waals surface area (Å²) in [6.45, 7) is 1.95. The summed E-state index contributed by atoms with van der Waals surface area (Å²) in [7, 11) is 0. The molecule has 2 nitrogen and oxygen atoms in total.